The number of hydrogen-bond donors (Lipinski definition) is 2. The monoisotopic (exact) mass is 1150 g/mol. The van der Waals surface area contributed by atoms with Crippen molar-refractivity contribution in [1.29, 1.82) is 0 Å². The summed E-state index contributed by atoms with van der Waals surface area (Å²) in [6, 6.07) is 10.6. The van der Waals surface area contributed by atoms with Crippen molar-refractivity contribution in [2.45, 2.75) is 99.1 Å². The highest BCUT2D eigenvalue weighted by Gasteiger charge is 2.85. The van der Waals surface area contributed by atoms with E-state index in [1.807, 2.05) is 41.5 Å². The van der Waals surface area contributed by atoms with Gasteiger partial charge in [-0.05, 0) is 254 Å². The van der Waals surface area contributed by atoms with E-state index in [0.29, 0.717) is 44.9 Å². The lowest BCUT2D eigenvalue weighted by Gasteiger charge is -2.47. The standard InChI is InChI=1S/C76H31ClO9Si/c1-69(2,3)82-84-71-55-45-35-25-20-15-16-18-19-17(15)22-28-26(20)36(35)46-48-38(28)42-32(22)34-24(19)30-29-23(18)33-31-21(16)27(25)37-41(31)51-53-43(33)39(29)49-50-40(30)44(34)54-52(42)62-58(48)72(56(46)55,85-83-70(4,5)6)66-65(71)67-74(86-87(7,8)14-12-10-9-11-13-14)68(66)81-76(62,79)64(54)60(50)73(74,77)59(49)63(53)75(78,80-67)61(51)57(71)47(37)45/h9-13,78-79H,1-8H3. The average molecular weight is 1150 g/mol. The van der Waals surface area contributed by atoms with Crippen LogP contribution in [-0.4, -0.2) is 35.3 Å². The minimum Gasteiger partial charge on any atom is -0.454 e. The zero-order valence-electron chi connectivity index (χ0n) is 47.0. The van der Waals surface area contributed by atoms with Crippen molar-refractivity contribution in [2.24, 2.45) is 0 Å². The quantitative estimate of drug-likeness (QED) is 0.0531. The molecule has 7 aliphatic carbocycles. The largest absolute Gasteiger partial charge is 0.454 e. The normalized spacial score (nSPS) is 29.0. The summed E-state index contributed by atoms with van der Waals surface area (Å²) in [5.41, 5.74) is 1.77. The van der Waals surface area contributed by atoms with Crippen LogP contribution in [0.15, 0.2) is 53.0 Å². The molecule has 11 heteroatoms. The predicted molar refractivity (Wildman–Crippen MR) is 340 cm³/mol. The van der Waals surface area contributed by atoms with Crippen LogP contribution in [0.4, 0.5) is 0 Å². The van der Waals surface area contributed by atoms with Gasteiger partial charge in [0, 0.05) is 88.3 Å². The van der Waals surface area contributed by atoms with Crippen molar-refractivity contribution in [3.05, 3.63) is 109 Å². The second-order valence-corrected chi connectivity index (χ2v) is 36.3. The van der Waals surface area contributed by atoms with Crippen molar-refractivity contribution in [1.82, 2.24) is 0 Å². The molecule has 0 saturated heterocycles. The smallest absolute Gasteiger partial charge is 0.263 e. The molecular formula is C76H31ClO9Si. The summed E-state index contributed by atoms with van der Waals surface area (Å²) < 4.78 is 25.8. The number of alkyl halides is 1. The summed E-state index contributed by atoms with van der Waals surface area (Å²) in [4.78, 5) is 29.0. The summed E-state index contributed by atoms with van der Waals surface area (Å²) in [5.74, 6) is -3.80. The predicted octanol–water partition coefficient (Wildman–Crippen LogP) is 16.5. The van der Waals surface area contributed by atoms with Gasteiger partial charge in [0.25, 0.3) is 11.6 Å². The zero-order chi connectivity index (χ0) is 55.7. The van der Waals surface area contributed by atoms with Gasteiger partial charge < -0.3 is 24.1 Å². The molecule has 4 unspecified atom stereocenters. The van der Waals surface area contributed by atoms with Crippen LogP contribution in [-0.2, 0) is 61.1 Å². The van der Waals surface area contributed by atoms with E-state index in [4.69, 9.17) is 33.5 Å². The first-order chi connectivity index (χ1) is 41.9. The summed E-state index contributed by atoms with van der Waals surface area (Å²) >= 11 is 10.1. The molecule has 9 nitrogen and oxygen atoms in total. The Kier molecular flexibility index (Phi) is 4.25. The first kappa shape index (κ1) is 39.7. The maximum absolute atomic E-state index is 15.9. The van der Waals surface area contributed by atoms with Crippen molar-refractivity contribution in [2.75, 3.05) is 0 Å². The van der Waals surface area contributed by atoms with E-state index in [1.165, 1.54) is 162 Å². The van der Waals surface area contributed by atoms with Gasteiger partial charge in [-0.15, -0.1) is 11.6 Å². The molecule has 22 aromatic carbocycles. The van der Waals surface area contributed by atoms with Crippen molar-refractivity contribution in [3.8, 4) is 0 Å². The van der Waals surface area contributed by atoms with E-state index < -0.39 is 52.8 Å². The topological polar surface area (TPSA) is 105 Å². The lowest BCUT2D eigenvalue weighted by Crippen LogP contribution is -2.60. The molecule has 0 saturated carbocycles. The highest BCUT2D eigenvalue weighted by Crippen LogP contribution is 2.88. The number of benzene rings is 16. The molecule has 22 aromatic rings. The second-order valence-electron chi connectivity index (χ2n) is 31.9. The molecule has 2 N–H and O–H groups in total. The average Bonchev–Trinajstić information content (AvgIpc) is 1.38. The zero-order valence-corrected chi connectivity index (χ0v) is 48.8. The maximum atomic E-state index is 15.9. The Labute approximate surface area is 489 Å². The molecular weight excluding hydrogens is 1120 g/mol. The molecule has 0 amide bonds. The second kappa shape index (κ2) is 9.31. The fourth-order valence-electron chi connectivity index (χ4n) is 25.7. The molecule has 4 heterocycles. The molecule has 4 aliphatic heterocycles. The summed E-state index contributed by atoms with van der Waals surface area (Å²) in [5, 5.41) is 82.2. The third-order valence-corrected chi connectivity index (χ3v) is 29.9. The third-order valence-electron chi connectivity index (χ3n) is 26.7. The summed E-state index contributed by atoms with van der Waals surface area (Å²) in [6.45, 7) is 16.8. The van der Waals surface area contributed by atoms with Gasteiger partial charge in [-0.1, -0.05) is 30.3 Å². The number of aliphatic hydroxyl groups is 2. The van der Waals surface area contributed by atoms with Crippen LogP contribution in [0, 0.1) is 0 Å². The maximum Gasteiger partial charge on any atom is 0.263 e. The van der Waals surface area contributed by atoms with Crippen molar-refractivity contribution < 1.29 is 43.7 Å². The molecule has 0 radical (unpaired) electrons. The Bertz CT molecular complexity index is 7200. The van der Waals surface area contributed by atoms with Crippen molar-refractivity contribution >= 4 is 241 Å². The lowest BCUT2D eigenvalue weighted by atomic mass is 9.63. The Morgan fingerprint density at radius 1 is 0.356 bits per heavy atom. The van der Waals surface area contributed by atoms with Gasteiger partial charge in [-0.3, -0.25) is 0 Å². The number of halogens is 1. The van der Waals surface area contributed by atoms with Gasteiger partial charge in [0.05, 0.1) is 11.2 Å². The van der Waals surface area contributed by atoms with Crippen LogP contribution >= 0.6 is 11.6 Å². The van der Waals surface area contributed by atoms with Gasteiger partial charge in [0.2, 0.25) is 13.9 Å². The fraction of sp³-hybridized carbons (Fsp3) is 0.211. The Morgan fingerprint density at radius 3 is 0.885 bits per heavy atom. The van der Waals surface area contributed by atoms with Crippen LogP contribution in [0.5, 0.6) is 0 Å². The van der Waals surface area contributed by atoms with E-state index >= 15 is 10.2 Å². The van der Waals surface area contributed by atoms with Gasteiger partial charge in [0.1, 0.15) is 16.4 Å². The minimum atomic E-state index is -3.42. The van der Waals surface area contributed by atoms with Crippen molar-refractivity contribution in [3.63, 3.8) is 0 Å². The molecule has 400 valence electrons. The Balaban J connectivity index is 1.05. The van der Waals surface area contributed by atoms with Gasteiger partial charge >= 0.3 is 0 Å². The lowest BCUT2D eigenvalue weighted by molar-refractivity contribution is -0.402. The van der Waals surface area contributed by atoms with Crippen LogP contribution in [0.3, 0.4) is 0 Å². The Morgan fingerprint density at radius 2 is 0.598 bits per heavy atom. The minimum absolute atomic E-state index is 0.300. The highest BCUT2D eigenvalue weighted by atomic mass is 35.5. The molecule has 33 rings (SSSR count). The van der Waals surface area contributed by atoms with Crippen LogP contribution in [0.25, 0.3) is 215 Å². The Hall–Kier alpha value is -7.97. The van der Waals surface area contributed by atoms with Gasteiger partial charge in [0.15, 0.2) is 11.2 Å². The molecule has 4 bridgehead atoms. The highest BCUT2D eigenvalue weighted by molar-refractivity contribution is 6.85. The van der Waals surface area contributed by atoms with Gasteiger partial charge in [-0.25, -0.2) is 19.6 Å². The number of hydrogen-bond acceptors (Lipinski definition) is 9. The van der Waals surface area contributed by atoms with E-state index in [2.05, 4.69) is 43.4 Å². The SMILES string of the molecule is CC(C)(C)OOC12C3=C4OC5(O)c6c1c1c7c2c2c8c9c%10c%11c%12c%13c%14c%15c%16c%17c(c5c5c6c6c1c1c%18c7c8c7c8c9c%12c9c%12c%13c%16c%13c%16c%17c5c5c6c1c1c(c%187)c(c98)c(c%12%13)c1c5%16)C%15(Cl)C4(O[Si](C)(C)c1ccccc1)C(=C3C%102OOC(C)(C)C)OC%11%14O. The molecule has 11 aliphatic rings. The van der Waals surface area contributed by atoms with E-state index in [0.717, 1.165) is 92.4 Å². The number of ether oxygens (including phenoxy) is 2. The third kappa shape index (κ3) is 2.54. The molecule has 4 atom stereocenters. The van der Waals surface area contributed by atoms with E-state index in [-0.39, 0.29) is 0 Å². The van der Waals surface area contributed by atoms with Gasteiger partial charge in [-0.2, -0.15) is 0 Å². The molecule has 0 spiro atoms. The van der Waals surface area contributed by atoms with E-state index in [1.54, 1.807) is 0 Å². The summed E-state index contributed by atoms with van der Waals surface area (Å²) in [7, 11) is -3.42. The number of rotatable bonds is 7. The van der Waals surface area contributed by atoms with Crippen LogP contribution < -0.4 is 5.19 Å². The van der Waals surface area contributed by atoms with E-state index in [9.17, 15) is 11.6 Å². The van der Waals surface area contributed by atoms with Crippen LogP contribution in [0.1, 0.15) is 97.2 Å². The fourth-order valence-corrected chi connectivity index (χ4v) is 28.5. The first-order valence-electron chi connectivity index (χ1n) is 31.2. The first-order valence-corrected chi connectivity index (χ1v) is 34.5. The van der Waals surface area contributed by atoms with Crippen LogP contribution in [0.2, 0.25) is 13.1 Å². The summed E-state index contributed by atoms with van der Waals surface area (Å²) in [6.07, 6.45) is 0. The molecule has 0 fully saturated rings. The molecule has 87 heavy (non-hydrogen) atoms. The molecule has 0 aromatic heterocycles.